The first-order chi connectivity index (χ1) is 12.8. The average Bonchev–Trinajstić information content (AvgIpc) is 2.51. The van der Waals surface area contributed by atoms with Crippen molar-refractivity contribution in [1.29, 1.82) is 0 Å². The zero-order valence-electron chi connectivity index (χ0n) is 15.7. The van der Waals surface area contributed by atoms with Crippen LogP contribution in [0.5, 0.6) is 0 Å². The maximum atomic E-state index is 12.6. The highest BCUT2D eigenvalue weighted by molar-refractivity contribution is 7.89. The number of hydrogen-bond acceptors (Lipinski definition) is 4. The quantitative estimate of drug-likeness (QED) is 0.555. The van der Waals surface area contributed by atoms with Crippen molar-refractivity contribution in [3.8, 4) is 0 Å². The van der Waals surface area contributed by atoms with E-state index in [1.165, 1.54) is 24.3 Å². The fraction of sp³-hybridized carbons (Fsp3) is 0.278. The fourth-order valence-corrected chi connectivity index (χ4v) is 4.68. The molecule has 2 rings (SSSR count). The third kappa shape index (κ3) is 5.75. The summed E-state index contributed by atoms with van der Waals surface area (Å²) in [5, 5.41) is 0.799. The van der Waals surface area contributed by atoms with Crippen LogP contribution < -0.4 is 15.6 Å². The Hall–Kier alpha value is -1.51. The molecular formula is C18H20Cl3N3O3S. The van der Waals surface area contributed by atoms with Gasteiger partial charge >= 0.3 is 0 Å². The van der Waals surface area contributed by atoms with Gasteiger partial charge in [-0.15, -0.1) is 0 Å². The number of anilines is 1. The Morgan fingerprint density at radius 3 is 2.11 bits per heavy atom. The van der Waals surface area contributed by atoms with Crippen molar-refractivity contribution < 1.29 is 13.2 Å². The smallest absolute Gasteiger partial charge is 0.269 e. The van der Waals surface area contributed by atoms with Gasteiger partial charge in [-0.05, 0) is 57.5 Å². The summed E-state index contributed by atoms with van der Waals surface area (Å²) in [6.07, 6.45) is 0. The van der Waals surface area contributed by atoms with Crippen molar-refractivity contribution in [3.63, 3.8) is 0 Å². The second kappa shape index (κ2) is 8.47. The summed E-state index contributed by atoms with van der Waals surface area (Å²) in [5.41, 5.74) is 5.51. The minimum Gasteiger partial charge on any atom is -0.295 e. The van der Waals surface area contributed by atoms with Crippen LogP contribution >= 0.6 is 34.8 Å². The number of aryl methyl sites for hydroxylation is 1. The number of halogens is 3. The summed E-state index contributed by atoms with van der Waals surface area (Å²) >= 11 is 18.0. The lowest BCUT2D eigenvalue weighted by atomic mass is 10.1. The normalized spacial score (nSPS) is 12.0. The van der Waals surface area contributed by atoms with Crippen LogP contribution in [0.2, 0.25) is 15.1 Å². The van der Waals surface area contributed by atoms with Crippen LogP contribution in [0.1, 0.15) is 36.7 Å². The van der Waals surface area contributed by atoms with Crippen molar-refractivity contribution in [2.24, 2.45) is 0 Å². The monoisotopic (exact) mass is 463 g/mol. The van der Waals surface area contributed by atoms with Gasteiger partial charge in [0.15, 0.2) is 0 Å². The molecule has 0 saturated carbocycles. The summed E-state index contributed by atoms with van der Waals surface area (Å²) < 4.78 is 27.6. The summed E-state index contributed by atoms with van der Waals surface area (Å²) in [7, 11) is -3.78. The summed E-state index contributed by atoms with van der Waals surface area (Å²) in [4.78, 5) is 12.6. The van der Waals surface area contributed by atoms with E-state index in [1.54, 1.807) is 33.8 Å². The Bertz CT molecular complexity index is 995. The van der Waals surface area contributed by atoms with Crippen molar-refractivity contribution in [3.05, 3.63) is 56.5 Å². The highest BCUT2D eigenvalue weighted by atomic mass is 35.5. The molecule has 0 radical (unpaired) electrons. The van der Waals surface area contributed by atoms with Crippen molar-refractivity contribution in [1.82, 2.24) is 10.1 Å². The molecule has 0 atom stereocenters. The number of nitrogens with one attached hydrogen (secondary N) is 3. The van der Waals surface area contributed by atoms with Gasteiger partial charge in [-0.25, -0.2) is 13.1 Å². The van der Waals surface area contributed by atoms with E-state index < -0.39 is 21.5 Å². The molecule has 0 spiro atoms. The molecule has 0 aromatic heterocycles. The molecule has 0 saturated heterocycles. The molecule has 2 aromatic carbocycles. The highest BCUT2D eigenvalue weighted by Gasteiger charge is 2.23. The van der Waals surface area contributed by atoms with Crippen molar-refractivity contribution in [2.75, 3.05) is 5.43 Å². The molecule has 0 bridgehead atoms. The summed E-state index contributed by atoms with van der Waals surface area (Å²) in [6, 6.07) is 7.26. The molecule has 0 heterocycles. The van der Waals surface area contributed by atoms with E-state index in [1.807, 2.05) is 0 Å². The van der Waals surface area contributed by atoms with E-state index in [0.717, 1.165) is 0 Å². The zero-order chi connectivity index (χ0) is 21.3. The first-order valence-corrected chi connectivity index (χ1v) is 10.8. The lowest BCUT2D eigenvalue weighted by Gasteiger charge is -2.21. The Morgan fingerprint density at radius 1 is 1.00 bits per heavy atom. The first-order valence-electron chi connectivity index (χ1n) is 8.16. The second-order valence-corrected chi connectivity index (χ2v) is 10.1. The molecule has 0 fully saturated rings. The van der Waals surface area contributed by atoms with Crippen molar-refractivity contribution >= 4 is 56.4 Å². The third-order valence-corrected chi connectivity index (χ3v) is 6.08. The fourth-order valence-electron chi connectivity index (χ4n) is 2.32. The van der Waals surface area contributed by atoms with Crippen LogP contribution in [-0.4, -0.2) is 19.9 Å². The topological polar surface area (TPSA) is 87.3 Å². The number of hydrogen-bond donors (Lipinski definition) is 3. The average molecular weight is 465 g/mol. The molecule has 28 heavy (non-hydrogen) atoms. The number of benzene rings is 2. The van der Waals surface area contributed by atoms with Gasteiger partial charge in [0.25, 0.3) is 5.91 Å². The summed E-state index contributed by atoms with van der Waals surface area (Å²) in [5.74, 6) is -0.549. The molecule has 0 aliphatic heterocycles. The van der Waals surface area contributed by atoms with Crippen LogP contribution in [0, 0.1) is 6.92 Å². The number of rotatable bonds is 5. The largest absolute Gasteiger partial charge is 0.295 e. The molecule has 0 aliphatic carbocycles. The standard InChI is InChI=1S/C18H20Cl3N3O3S/c1-10-5-6-12(28(26,27)24-18(2,3)4)9-13(10)17(25)23-22-16-14(20)7-11(19)8-15(16)21/h5-9,22,24H,1-4H3,(H,23,25). The van der Waals surface area contributed by atoms with Gasteiger partial charge in [0.1, 0.15) is 0 Å². The minimum absolute atomic E-state index is 0.0132. The third-order valence-electron chi connectivity index (χ3n) is 3.51. The number of amides is 1. The van der Waals surface area contributed by atoms with Gasteiger partial charge in [-0.2, -0.15) is 0 Å². The lowest BCUT2D eigenvalue weighted by Crippen LogP contribution is -2.40. The van der Waals surface area contributed by atoms with E-state index in [-0.39, 0.29) is 26.2 Å². The Kier molecular flexibility index (Phi) is 6.89. The van der Waals surface area contributed by atoms with Gasteiger partial charge < -0.3 is 0 Å². The Morgan fingerprint density at radius 2 is 1.57 bits per heavy atom. The molecule has 10 heteroatoms. The molecular weight excluding hydrogens is 445 g/mol. The number of carbonyl (C=O) groups is 1. The summed E-state index contributed by atoms with van der Waals surface area (Å²) in [6.45, 7) is 6.90. The predicted octanol–water partition coefficient (Wildman–Crippen LogP) is 4.79. The molecule has 1 amide bonds. The van der Waals surface area contributed by atoms with Crippen LogP contribution in [0.25, 0.3) is 0 Å². The van der Waals surface area contributed by atoms with E-state index in [9.17, 15) is 13.2 Å². The van der Waals surface area contributed by atoms with Gasteiger partial charge in [-0.3, -0.25) is 15.6 Å². The van der Waals surface area contributed by atoms with Gasteiger partial charge in [0, 0.05) is 16.1 Å². The maximum Gasteiger partial charge on any atom is 0.269 e. The van der Waals surface area contributed by atoms with Crippen LogP contribution in [0.15, 0.2) is 35.2 Å². The second-order valence-electron chi connectivity index (χ2n) is 7.16. The maximum absolute atomic E-state index is 12.6. The van der Waals surface area contributed by atoms with E-state index in [4.69, 9.17) is 34.8 Å². The van der Waals surface area contributed by atoms with Gasteiger partial charge in [-0.1, -0.05) is 40.9 Å². The Balaban J connectivity index is 2.27. The van der Waals surface area contributed by atoms with Crippen LogP contribution in [-0.2, 0) is 10.0 Å². The molecule has 0 unspecified atom stereocenters. The number of sulfonamides is 1. The predicted molar refractivity (Wildman–Crippen MR) is 114 cm³/mol. The molecule has 6 nitrogen and oxygen atoms in total. The molecule has 2 aromatic rings. The number of carbonyl (C=O) groups excluding carboxylic acids is 1. The lowest BCUT2D eigenvalue weighted by molar-refractivity contribution is 0.0962. The van der Waals surface area contributed by atoms with Gasteiger partial charge in [0.05, 0.1) is 20.6 Å². The minimum atomic E-state index is -3.78. The first kappa shape index (κ1) is 22.8. The molecule has 0 aliphatic rings. The van der Waals surface area contributed by atoms with Crippen LogP contribution in [0.4, 0.5) is 5.69 Å². The zero-order valence-corrected chi connectivity index (χ0v) is 18.7. The molecule has 3 N–H and O–H groups in total. The number of hydrazine groups is 1. The Labute approximate surface area is 179 Å². The van der Waals surface area contributed by atoms with Gasteiger partial charge in [0.2, 0.25) is 10.0 Å². The van der Waals surface area contributed by atoms with E-state index in [0.29, 0.717) is 10.6 Å². The van der Waals surface area contributed by atoms with E-state index in [2.05, 4.69) is 15.6 Å². The SMILES string of the molecule is Cc1ccc(S(=O)(=O)NC(C)(C)C)cc1C(=O)NNc1c(Cl)cc(Cl)cc1Cl. The highest BCUT2D eigenvalue weighted by Crippen LogP contribution is 2.33. The van der Waals surface area contributed by atoms with E-state index >= 15 is 0 Å². The van der Waals surface area contributed by atoms with Crippen LogP contribution in [0.3, 0.4) is 0 Å². The molecule has 152 valence electrons. The van der Waals surface area contributed by atoms with Crippen molar-refractivity contribution in [2.45, 2.75) is 38.1 Å².